The van der Waals surface area contributed by atoms with E-state index in [9.17, 15) is 4.79 Å². The Morgan fingerprint density at radius 1 is 1.11 bits per heavy atom. The zero-order valence-electron chi connectivity index (χ0n) is 10.4. The maximum Gasteiger partial charge on any atom is 0.241 e. The molecule has 4 N–H and O–H groups in total. The van der Waals surface area contributed by atoms with Crippen molar-refractivity contribution in [1.29, 1.82) is 0 Å². The number of rotatable bonds is 4. The Balaban J connectivity index is 1.93. The van der Waals surface area contributed by atoms with Crippen molar-refractivity contribution in [2.45, 2.75) is 12.6 Å². The minimum absolute atomic E-state index is 0.205. The van der Waals surface area contributed by atoms with Crippen molar-refractivity contribution in [2.24, 2.45) is 5.73 Å². The van der Waals surface area contributed by atoms with Gasteiger partial charge >= 0.3 is 0 Å². The largest absolute Gasteiger partial charge is 0.508 e. The third kappa shape index (κ3) is 3.56. The molecular formula is C15H16N2O2. The summed E-state index contributed by atoms with van der Waals surface area (Å²) < 4.78 is 0. The van der Waals surface area contributed by atoms with Crippen molar-refractivity contribution in [3.05, 3.63) is 65.7 Å². The molecule has 1 atom stereocenters. The quantitative estimate of drug-likeness (QED) is 0.779. The first-order valence-electron chi connectivity index (χ1n) is 6.03. The molecule has 0 saturated heterocycles. The second-order valence-electron chi connectivity index (χ2n) is 4.27. The number of nitrogens with one attached hydrogen (secondary N) is 1. The smallest absolute Gasteiger partial charge is 0.241 e. The third-order valence-electron chi connectivity index (χ3n) is 2.84. The molecule has 0 bridgehead atoms. The molecule has 98 valence electrons. The number of phenols is 1. The van der Waals surface area contributed by atoms with E-state index in [0.717, 1.165) is 11.1 Å². The molecule has 1 amide bonds. The molecule has 2 rings (SSSR count). The van der Waals surface area contributed by atoms with E-state index in [0.29, 0.717) is 6.54 Å². The Hall–Kier alpha value is -2.33. The number of amides is 1. The lowest BCUT2D eigenvalue weighted by Crippen LogP contribution is -2.33. The zero-order chi connectivity index (χ0) is 13.7. The van der Waals surface area contributed by atoms with Gasteiger partial charge in [-0.15, -0.1) is 0 Å². The lowest BCUT2D eigenvalue weighted by molar-refractivity contribution is -0.122. The van der Waals surface area contributed by atoms with Gasteiger partial charge in [-0.25, -0.2) is 0 Å². The van der Waals surface area contributed by atoms with Crippen LogP contribution in [0.2, 0.25) is 0 Å². The third-order valence-corrected chi connectivity index (χ3v) is 2.84. The summed E-state index contributed by atoms with van der Waals surface area (Å²) in [6, 6.07) is 15.2. The first-order valence-corrected chi connectivity index (χ1v) is 6.03. The van der Waals surface area contributed by atoms with Gasteiger partial charge in [0.1, 0.15) is 11.8 Å². The van der Waals surface area contributed by atoms with Crippen molar-refractivity contribution in [2.75, 3.05) is 0 Å². The van der Waals surface area contributed by atoms with Crippen LogP contribution in [0.4, 0.5) is 0 Å². The van der Waals surface area contributed by atoms with Crippen LogP contribution in [-0.4, -0.2) is 11.0 Å². The van der Waals surface area contributed by atoms with Crippen LogP contribution in [0.1, 0.15) is 17.2 Å². The van der Waals surface area contributed by atoms with Gasteiger partial charge in [-0.2, -0.15) is 0 Å². The van der Waals surface area contributed by atoms with Gasteiger partial charge in [-0.1, -0.05) is 42.5 Å². The van der Waals surface area contributed by atoms with Crippen LogP contribution in [0.25, 0.3) is 0 Å². The molecule has 0 aliphatic carbocycles. The molecule has 19 heavy (non-hydrogen) atoms. The topological polar surface area (TPSA) is 75.4 Å². The maximum atomic E-state index is 11.9. The van der Waals surface area contributed by atoms with Crippen molar-refractivity contribution in [1.82, 2.24) is 5.32 Å². The summed E-state index contributed by atoms with van der Waals surface area (Å²) in [6.07, 6.45) is 0. The van der Waals surface area contributed by atoms with Gasteiger partial charge in [0.25, 0.3) is 0 Å². The zero-order valence-corrected chi connectivity index (χ0v) is 10.4. The molecule has 0 saturated carbocycles. The molecule has 0 fully saturated rings. The number of aromatic hydroxyl groups is 1. The number of hydrogen-bond acceptors (Lipinski definition) is 3. The number of carbonyl (C=O) groups excluding carboxylic acids is 1. The SMILES string of the molecule is N[C@@H](C(=O)NCc1ccc(O)cc1)c1ccccc1. The predicted octanol–water partition coefficient (Wildman–Crippen LogP) is 1.71. The highest BCUT2D eigenvalue weighted by Crippen LogP contribution is 2.11. The Labute approximate surface area is 111 Å². The van der Waals surface area contributed by atoms with Crippen LogP contribution in [0.3, 0.4) is 0 Å². The van der Waals surface area contributed by atoms with Crippen LogP contribution in [-0.2, 0) is 11.3 Å². The molecule has 4 nitrogen and oxygen atoms in total. The highest BCUT2D eigenvalue weighted by Gasteiger charge is 2.14. The minimum Gasteiger partial charge on any atom is -0.508 e. The van der Waals surface area contributed by atoms with Gasteiger partial charge in [0.15, 0.2) is 0 Å². The van der Waals surface area contributed by atoms with E-state index >= 15 is 0 Å². The predicted molar refractivity (Wildman–Crippen MR) is 73.3 cm³/mol. The van der Waals surface area contributed by atoms with E-state index in [-0.39, 0.29) is 11.7 Å². The number of benzene rings is 2. The summed E-state index contributed by atoms with van der Waals surface area (Å²) in [5.41, 5.74) is 7.57. The molecular weight excluding hydrogens is 240 g/mol. The Morgan fingerprint density at radius 2 is 1.74 bits per heavy atom. The maximum absolute atomic E-state index is 11.9. The van der Waals surface area contributed by atoms with E-state index in [1.165, 1.54) is 0 Å². The molecule has 0 radical (unpaired) electrons. The van der Waals surface area contributed by atoms with Crippen molar-refractivity contribution < 1.29 is 9.90 Å². The minimum atomic E-state index is -0.668. The van der Waals surface area contributed by atoms with Gasteiger partial charge in [-0.3, -0.25) is 4.79 Å². The molecule has 0 spiro atoms. The average Bonchev–Trinajstić information content (AvgIpc) is 2.46. The highest BCUT2D eigenvalue weighted by molar-refractivity contribution is 5.82. The van der Waals surface area contributed by atoms with Gasteiger partial charge in [0.2, 0.25) is 5.91 Å². The van der Waals surface area contributed by atoms with Crippen molar-refractivity contribution in [3.8, 4) is 5.75 Å². The van der Waals surface area contributed by atoms with Gasteiger partial charge in [-0.05, 0) is 23.3 Å². The number of hydrogen-bond donors (Lipinski definition) is 3. The van der Waals surface area contributed by atoms with E-state index in [2.05, 4.69) is 5.32 Å². The van der Waals surface area contributed by atoms with Gasteiger partial charge in [0.05, 0.1) is 0 Å². The first-order chi connectivity index (χ1) is 9.16. The standard InChI is InChI=1S/C15H16N2O2/c16-14(12-4-2-1-3-5-12)15(19)17-10-11-6-8-13(18)9-7-11/h1-9,14,18H,10,16H2,(H,17,19)/t14-/m1/s1. The molecule has 0 aliphatic rings. The Kier molecular flexibility index (Phi) is 4.15. The molecule has 0 aliphatic heterocycles. The van der Waals surface area contributed by atoms with Gasteiger partial charge in [0, 0.05) is 6.54 Å². The van der Waals surface area contributed by atoms with E-state index < -0.39 is 6.04 Å². The Morgan fingerprint density at radius 3 is 2.37 bits per heavy atom. The number of nitrogens with two attached hydrogens (primary N) is 1. The van der Waals surface area contributed by atoms with Crippen LogP contribution >= 0.6 is 0 Å². The average molecular weight is 256 g/mol. The van der Waals surface area contributed by atoms with E-state index in [1.807, 2.05) is 30.3 Å². The molecule has 0 aromatic heterocycles. The number of phenolic OH excluding ortho intramolecular Hbond substituents is 1. The summed E-state index contributed by atoms with van der Waals surface area (Å²) in [6.45, 7) is 0.389. The molecule has 4 heteroatoms. The Bertz CT molecular complexity index is 538. The van der Waals surface area contributed by atoms with E-state index in [4.69, 9.17) is 10.8 Å². The summed E-state index contributed by atoms with van der Waals surface area (Å²) in [5.74, 6) is -0.0182. The molecule has 2 aromatic carbocycles. The second-order valence-corrected chi connectivity index (χ2v) is 4.27. The van der Waals surface area contributed by atoms with Crippen LogP contribution < -0.4 is 11.1 Å². The van der Waals surface area contributed by atoms with Gasteiger partial charge < -0.3 is 16.2 Å². The van der Waals surface area contributed by atoms with Crippen LogP contribution in [0, 0.1) is 0 Å². The van der Waals surface area contributed by atoms with Crippen molar-refractivity contribution in [3.63, 3.8) is 0 Å². The molecule has 0 heterocycles. The lowest BCUT2D eigenvalue weighted by atomic mass is 10.1. The van der Waals surface area contributed by atoms with Crippen molar-refractivity contribution >= 4 is 5.91 Å². The molecule has 2 aromatic rings. The summed E-state index contributed by atoms with van der Waals surface area (Å²) in [5, 5.41) is 11.9. The normalized spacial score (nSPS) is 11.8. The fourth-order valence-electron chi connectivity index (χ4n) is 1.72. The van der Waals surface area contributed by atoms with Crippen LogP contribution in [0.15, 0.2) is 54.6 Å². The van der Waals surface area contributed by atoms with E-state index in [1.54, 1.807) is 24.3 Å². The first kappa shape index (κ1) is 13.1. The summed E-state index contributed by atoms with van der Waals surface area (Å²) >= 11 is 0. The fourth-order valence-corrected chi connectivity index (χ4v) is 1.72. The number of carbonyl (C=O) groups is 1. The monoisotopic (exact) mass is 256 g/mol. The fraction of sp³-hybridized carbons (Fsp3) is 0.133. The summed E-state index contributed by atoms with van der Waals surface area (Å²) in [4.78, 5) is 11.9. The highest BCUT2D eigenvalue weighted by atomic mass is 16.3. The second kappa shape index (κ2) is 6.02. The molecule has 0 unspecified atom stereocenters. The summed E-state index contributed by atoms with van der Waals surface area (Å²) in [7, 11) is 0. The lowest BCUT2D eigenvalue weighted by Gasteiger charge is -2.12. The van der Waals surface area contributed by atoms with Crippen LogP contribution in [0.5, 0.6) is 5.75 Å².